The fourth-order valence-electron chi connectivity index (χ4n) is 2.58. The summed E-state index contributed by atoms with van der Waals surface area (Å²) in [4.78, 5) is 2.46. The number of nitrogens with zero attached hydrogens (tertiary/aromatic N) is 1. The van der Waals surface area contributed by atoms with Crippen molar-refractivity contribution in [2.45, 2.75) is 39.8 Å². The van der Waals surface area contributed by atoms with Crippen LogP contribution >= 0.6 is 0 Å². The Hall–Kier alpha value is -1.32. The predicted octanol–water partition coefficient (Wildman–Crippen LogP) is 3.77. The molecule has 0 spiro atoms. The molecule has 0 saturated carbocycles. The van der Waals surface area contributed by atoms with Crippen molar-refractivity contribution in [3.63, 3.8) is 0 Å². The molecule has 1 aromatic heterocycles. The third-order valence-corrected chi connectivity index (χ3v) is 3.78. The van der Waals surface area contributed by atoms with E-state index in [1.807, 2.05) is 13.1 Å². The molecule has 1 N–H and O–H groups in total. The standard InChI is InChI=1S/C17H26N2O/c1-4-6-11-19(5-2)13-17-15(12-18-3)14-9-7-8-10-16(14)20-17/h7-10,18H,4-6,11-13H2,1-3H3. The maximum Gasteiger partial charge on any atom is 0.134 e. The molecule has 0 unspecified atom stereocenters. The predicted molar refractivity (Wildman–Crippen MR) is 84.8 cm³/mol. The molecule has 2 rings (SSSR count). The van der Waals surface area contributed by atoms with Crippen LogP contribution < -0.4 is 5.32 Å². The molecule has 20 heavy (non-hydrogen) atoms. The molecule has 1 aromatic carbocycles. The number of hydrogen-bond acceptors (Lipinski definition) is 3. The Morgan fingerprint density at radius 2 is 2.00 bits per heavy atom. The van der Waals surface area contributed by atoms with Crippen LogP contribution in [0.15, 0.2) is 28.7 Å². The topological polar surface area (TPSA) is 28.4 Å². The van der Waals surface area contributed by atoms with E-state index in [2.05, 4.69) is 42.3 Å². The van der Waals surface area contributed by atoms with Gasteiger partial charge in [0, 0.05) is 17.5 Å². The summed E-state index contributed by atoms with van der Waals surface area (Å²) in [6, 6.07) is 8.32. The Kier molecular flexibility index (Phi) is 5.62. The molecule has 0 amide bonds. The third kappa shape index (κ3) is 3.41. The molecule has 0 bridgehead atoms. The van der Waals surface area contributed by atoms with Crippen LogP contribution in [0.3, 0.4) is 0 Å². The highest BCUT2D eigenvalue weighted by atomic mass is 16.3. The minimum absolute atomic E-state index is 0.859. The molecule has 110 valence electrons. The first kappa shape index (κ1) is 15.1. The Labute approximate surface area is 122 Å². The molecule has 0 aliphatic rings. The van der Waals surface area contributed by atoms with E-state index in [0.29, 0.717) is 0 Å². The van der Waals surface area contributed by atoms with Crippen molar-refractivity contribution in [2.24, 2.45) is 0 Å². The van der Waals surface area contributed by atoms with E-state index in [9.17, 15) is 0 Å². The number of fused-ring (bicyclic) bond motifs is 1. The first-order valence-electron chi connectivity index (χ1n) is 7.66. The highest BCUT2D eigenvalue weighted by Gasteiger charge is 2.15. The summed E-state index contributed by atoms with van der Waals surface area (Å²) in [5.41, 5.74) is 2.30. The van der Waals surface area contributed by atoms with Crippen LogP contribution in [0.2, 0.25) is 0 Å². The van der Waals surface area contributed by atoms with Crippen LogP contribution in [0.5, 0.6) is 0 Å². The molecule has 3 heteroatoms. The molecule has 0 radical (unpaired) electrons. The zero-order valence-corrected chi connectivity index (χ0v) is 12.9. The monoisotopic (exact) mass is 274 g/mol. The zero-order valence-electron chi connectivity index (χ0n) is 12.9. The lowest BCUT2D eigenvalue weighted by Crippen LogP contribution is -2.24. The van der Waals surface area contributed by atoms with E-state index in [-0.39, 0.29) is 0 Å². The van der Waals surface area contributed by atoms with Gasteiger partial charge in [-0.05, 0) is 32.6 Å². The molecule has 0 atom stereocenters. The molecular weight excluding hydrogens is 248 g/mol. The molecule has 1 heterocycles. The first-order valence-corrected chi connectivity index (χ1v) is 7.66. The van der Waals surface area contributed by atoms with Crippen LogP contribution in [0.25, 0.3) is 11.0 Å². The van der Waals surface area contributed by atoms with Crippen molar-refractivity contribution in [3.05, 3.63) is 35.6 Å². The summed E-state index contributed by atoms with van der Waals surface area (Å²) < 4.78 is 6.08. The quantitative estimate of drug-likeness (QED) is 0.794. The van der Waals surface area contributed by atoms with E-state index in [1.165, 1.54) is 23.8 Å². The van der Waals surface area contributed by atoms with Crippen molar-refractivity contribution < 1.29 is 4.42 Å². The highest BCUT2D eigenvalue weighted by Crippen LogP contribution is 2.26. The maximum absolute atomic E-state index is 6.08. The summed E-state index contributed by atoms with van der Waals surface area (Å²) in [5, 5.41) is 4.50. The van der Waals surface area contributed by atoms with Gasteiger partial charge in [0.05, 0.1) is 6.54 Å². The van der Waals surface area contributed by atoms with Gasteiger partial charge >= 0.3 is 0 Å². The summed E-state index contributed by atoms with van der Waals surface area (Å²) in [6.45, 7) is 8.43. The largest absolute Gasteiger partial charge is 0.459 e. The van der Waals surface area contributed by atoms with Gasteiger partial charge in [-0.25, -0.2) is 0 Å². The lowest BCUT2D eigenvalue weighted by atomic mass is 10.1. The Morgan fingerprint density at radius 1 is 1.20 bits per heavy atom. The van der Waals surface area contributed by atoms with E-state index >= 15 is 0 Å². The molecule has 0 aliphatic heterocycles. The normalized spacial score (nSPS) is 11.6. The molecular formula is C17H26N2O. The van der Waals surface area contributed by atoms with Crippen molar-refractivity contribution in [2.75, 3.05) is 20.1 Å². The molecule has 3 nitrogen and oxygen atoms in total. The van der Waals surface area contributed by atoms with Gasteiger partial charge in [-0.15, -0.1) is 0 Å². The third-order valence-electron chi connectivity index (χ3n) is 3.78. The second-order valence-electron chi connectivity index (χ2n) is 5.25. The van der Waals surface area contributed by atoms with Gasteiger partial charge in [0.15, 0.2) is 0 Å². The smallest absolute Gasteiger partial charge is 0.134 e. The number of hydrogen-bond donors (Lipinski definition) is 1. The van der Waals surface area contributed by atoms with Crippen LogP contribution in [-0.4, -0.2) is 25.0 Å². The number of nitrogens with one attached hydrogen (secondary N) is 1. The van der Waals surface area contributed by atoms with Crippen LogP contribution in [-0.2, 0) is 13.1 Å². The molecule has 0 saturated heterocycles. The number of benzene rings is 1. The number of unbranched alkanes of at least 4 members (excludes halogenated alkanes) is 1. The molecule has 0 aliphatic carbocycles. The minimum Gasteiger partial charge on any atom is -0.459 e. The van der Waals surface area contributed by atoms with Gasteiger partial charge in [0.1, 0.15) is 11.3 Å². The van der Waals surface area contributed by atoms with Crippen LogP contribution in [0, 0.1) is 0 Å². The number of furan rings is 1. The van der Waals surface area contributed by atoms with Gasteiger partial charge in [0.25, 0.3) is 0 Å². The van der Waals surface area contributed by atoms with Crippen molar-refractivity contribution >= 4 is 11.0 Å². The van der Waals surface area contributed by atoms with Gasteiger partial charge < -0.3 is 9.73 Å². The van der Waals surface area contributed by atoms with Gasteiger partial charge in [-0.2, -0.15) is 0 Å². The lowest BCUT2D eigenvalue weighted by molar-refractivity contribution is 0.253. The summed E-state index contributed by atoms with van der Waals surface area (Å²) in [5.74, 6) is 1.11. The Balaban J connectivity index is 2.25. The SMILES string of the molecule is CCCCN(CC)Cc1oc2ccccc2c1CNC. The number of rotatable bonds is 8. The Morgan fingerprint density at radius 3 is 2.70 bits per heavy atom. The lowest BCUT2D eigenvalue weighted by Gasteiger charge is -2.19. The zero-order chi connectivity index (χ0) is 14.4. The maximum atomic E-state index is 6.08. The Bertz CT molecular complexity index is 533. The summed E-state index contributed by atoms with van der Waals surface area (Å²) in [7, 11) is 1.99. The van der Waals surface area contributed by atoms with Gasteiger partial charge in [0.2, 0.25) is 0 Å². The molecule has 2 aromatic rings. The first-order chi connectivity index (χ1) is 9.80. The summed E-state index contributed by atoms with van der Waals surface area (Å²) >= 11 is 0. The van der Waals surface area contributed by atoms with E-state index < -0.39 is 0 Å². The van der Waals surface area contributed by atoms with Gasteiger partial charge in [-0.3, -0.25) is 4.90 Å². The van der Waals surface area contributed by atoms with E-state index in [4.69, 9.17) is 4.42 Å². The second kappa shape index (κ2) is 7.46. The van der Waals surface area contributed by atoms with Crippen LogP contribution in [0.4, 0.5) is 0 Å². The van der Waals surface area contributed by atoms with Gasteiger partial charge in [-0.1, -0.05) is 38.5 Å². The average Bonchev–Trinajstić information content (AvgIpc) is 2.82. The van der Waals surface area contributed by atoms with Crippen molar-refractivity contribution in [3.8, 4) is 0 Å². The minimum atomic E-state index is 0.859. The second-order valence-corrected chi connectivity index (χ2v) is 5.25. The van der Waals surface area contributed by atoms with Crippen LogP contribution in [0.1, 0.15) is 38.0 Å². The van der Waals surface area contributed by atoms with Crippen molar-refractivity contribution in [1.29, 1.82) is 0 Å². The fourth-order valence-corrected chi connectivity index (χ4v) is 2.58. The molecule has 0 fully saturated rings. The van der Waals surface area contributed by atoms with E-state index in [0.717, 1.165) is 37.5 Å². The summed E-state index contributed by atoms with van der Waals surface area (Å²) in [6.07, 6.45) is 2.48. The van der Waals surface area contributed by atoms with E-state index in [1.54, 1.807) is 0 Å². The van der Waals surface area contributed by atoms with Crippen molar-refractivity contribution in [1.82, 2.24) is 10.2 Å². The fraction of sp³-hybridized carbons (Fsp3) is 0.529. The number of para-hydroxylation sites is 1. The highest BCUT2D eigenvalue weighted by molar-refractivity contribution is 5.82. The average molecular weight is 274 g/mol.